The highest BCUT2D eigenvalue weighted by Crippen LogP contribution is 2.20. The first-order chi connectivity index (χ1) is 11.6. The topological polar surface area (TPSA) is 66.7 Å². The van der Waals surface area contributed by atoms with E-state index < -0.39 is 11.8 Å². The van der Waals surface area contributed by atoms with Crippen molar-refractivity contribution in [3.05, 3.63) is 59.9 Å². The number of aromatic nitrogens is 1. The monoisotopic (exact) mass is 346 g/mol. The van der Waals surface area contributed by atoms with Gasteiger partial charge in [-0.1, -0.05) is 30.0 Å². The van der Waals surface area contributed by atoms with Crippen LogP contribution in [0.5, 0.6) is 0 Å². The summed E-state index contributed by atoms with van der Waals surface area (Å²) in [7, 11) is 0. The van der Waals surface area contributed by atoms with Gasteiger partial charge in [0.2, 0.25) is 11.9 Å². The molecule has 2 aromatic rings. The SMILES string of the molecule is O=C(CSC1=NN=C(c2cnc(F)cc2F)C1)Nc1ccccc1. The van der Waals surface area contributed by atoms with E-state index in [1.807, 2.05) is 18.2 Å². The molecule has 1 aliphatic rings. The average Bonchev–Trinajstić information content (AvgIpc) is 3.02. The quantitative estimate of drug-likeness (QED) is 0.864. The fraction of sp³-hybridized carbons (Fsp3) is 0.125. The third-order valence-corrected chi connectivity index (χ3v) is 4.13. The third-order valence-electron chi connectivity index (χ3n) is 3.16. The zero-order valence-corrected chi connectivity index (χ0v) is 13.2. The highest BCUT2D eigenvalue weighted by Gasteiger charge is 2.19. The standard InChI is InChI=1S/C16H12F2N4OS/c17-12-6-14(18)19-8-11(12)13-7-16(22-21-13)24-9-15(23)20-10-4-2-1-3-5-10/h1-6,8H,7,9H2,(H,20,23). The molecule has 0 unspecified atom stereocenters. The molecule has 0 saturated heterocycles. The lowest BCUT2D eigenvalue weighted by atomic mass is 10.1. The summed E-state index contributed by atoms with van der Waals surface area (Å²) in [6.45, 7) is 0. The van der Waals surface area contributed by atoms with E-state index in [1.54, 1.807) is 12.1 Å². The van der Waals surface area contributed by atoms with Crippen LogP contribution in [0, 0.1) is 11.8 Å². The molecule has 1 aromatic carbocycles. The number of carbonyl (C=O) groups is 1. The molecule has 0 bridgehead atoms. The second-order valence-corrected chi connectivity index (χ2v) is 5.96. The molecule has 0 aliphatic carbocycles. The van der Waals surface area contributed by atoms with Crippen LogP contribution in [-0.2, 0) is 4.79 Å². The van der Waals surface area contributed by atoms with Crippen LogP contribution in [0.25, 0.3) is 0 Å². The van der Waals surface area contributed by atoms with Crippen LogP contribution in [-0.4, -0.2) is 27.4 Å². The minimum Gasteiger partial charge on any atom is -0.325 e. The minimum atomic E-state index is -0.886. The van der Waals surface area contributed by atoms with Gasteiger partial charge in [-0.25, -0.2) is 9.37 Å². The number of hydrogen-bond acceptors (Lipinski definition) is 5. The van der Waals surface area contributed by atoms with E-state index >= 15 is 0 Å². The number of benzene rings is 1. The molecule has 0 radical (unpaired) electrons. The van der Waals surface area contributed by atoms with Gasteiger partial charge < -0.3 is 5.32 Å². The first-order valence-corrected chi connectivity index (χ1v) is 8.03. The summed E-state index contributed by atoms with van der Waals surface area (Å²) in [4.78, 5) is 15.3. The fourth-order valence-corrected chi connectivity index (χ4v) is 2.75. The molecule has 0 fully saturated rings. The Morgan fingerprint density at radius 2 is 2.00 bits per heavy atom. The summed E-state index contributed by atoms with van der Waals surface area (Å²) < 4.78 is 26.5. The van der Waals surface area contributed by atoms with Gasteiger partial charge in [0.25, 0.3) is 0 Å². The van der Waals surface area contributed by atoms with Gasteiger partial charge in [-0.3, -0.25) is 4.79 Å². The maximum Gasteiger partial charge on any atom is 0.234 e. The van der Waals surface area contributed by atoms with Gasteiger partial charge in [0.05, 0.1) is 17.0 Å². The zero-order valence-electron chi connectivity index (χ0n) is 12.4. The lowest BCUT2D eigenvalue weighted by molar-refractivity contribution is -0.113. The van der Waals surface area contributed by atoms with Crippen molar-refractivity contribution in [2.45, 2.75) is 6.42 Å². The van der Waals surface area contributed by atoms with Crippen molar-refractivity contribution in [3.8, 4) is 0 Å². The lowest BCUT2D eigenvalue weighted by Gasteiger charge is -2.05. The normalized spacial score (nSPS) is 13.4. The third kappa shape index (κ3) is 4.02. The molecule has 0 atom stereocenters. The maximum absolute atomic E-state index is 13.7. The number of thioether (sulfide) groups is 1. The molecule has 1 aliphatic heterocycles. The maximum atomic E-state index is 13.7. The van der Waals surface area contributed by atoms with Gasteiger partial charge in [0.15, 0.2) is 0 Å². The summed E-state index contributed by atoms with van der Waals surface area (Å²) in [5, 5.41) is 11.2. The first kappa shape index (κ1) is 16.3. The molecular weight excluding hydrogens is 334 g/mol. The van der Waals surface area contributed by atoms with Crippen molar-refractivity contribution in [1.82, 2.24) is 4.98 Å². The Balaban J connectivity index is 1.51. The Morgan fingerprint density at radius 3 is 2.75 bits per heavy atom. The van der Waals surface area contributed by atoms with Gasteiger partial charge >= 0.3 is 0 Å². The van der Waals surface area contributed by atoms with Crippen molar-refractivity contribution in [2.24, 2.45) is 10.2 Å². The number of nitrogens with one attached hydrogen (secondary N) is 1. The first-order valence-electron chi connectivity index (χ1n) is 7.04. The largest absolute Gasteiger partial charge is 0.325 e. The van der Waals surface area contributed by atoms with Crippen molar-refractivity contribution in [3.63, 3.8) is 0 Å². The van der Waals surface area contributed by atoms with Gasteiger partial charge in [-0.05, 0) is 12.1 Å². The predicted molar refractivity (Wildman–Crippen MR) is 90.3 cm³/mol. The van der Waals surface area contributed by atoms with Gasteiger partial charge in [0.1, 0.15) is 10.9 Å². The highest BCUT2D eigenvalue weighted by atomic mass is 32.2. The van der Waals surface area contributed by atoms with E-state index in [0.717, 1.165) is 6.20 Å². The second-order valence-electron chi connectivity index (χ2n) is 4.91. The number of nitrogens with zero attached hydrogens (tertiary/aromatic N) is 3. The minimum absolute atomic E-state index is 0.115. The highest BCUT2D eigenvalue weighted by molar-refractivity contribution is 8.14. The smallest absolute Gasteiger partial charge is 0.234 e. The molecule has 0 saturated carbocycles. The van der Waals surface area contributed by atoms with Crippen LogP contribution in [0.2, 0.25) is 0 Å². The summed E-state index contributed by atoms with van der Waals surface area (Å²) >= 11 is 1.23. The van der Waals surface area contributed by atoms with Crippen LogP contribution >= 0.6 is 11.8 Å². The number of halogens is 2. The molecule has 5 nitrogen and oxygen atoms in total. The Morgan fingerprint density at radius 1 is 1.21 bits per heavy atom. The molecule has 1 N–H and O–H groups in total. The van der Waals surface area contributed by atoms with Gasteiger partial charge in [0, 0.05) is 24.4 Å². The molecule has 2 heterocycles. The molecular formula is C16H12F2N4OS. The Kier molecular flexibility index (Phi) is 4.95. The van der Waals surface area contributed by atoms with Crippen molar-refractivity contribution in [2.75, 3.05) is 11.1 Å². The van der Waals surface area contributed by atoms with E-state index in [4.69, 9.17) is 0 Å². The van der Waals surface area contributed by atoms with Gasteiger partial charge in [-0.2, -0.15) is 9.49 Å². The van der Waals surface area contributed by atoms with E-state index in [-0.39, 0.29) is 23.6 Å². The second kappa shape index (κ2) is 7.31. The Labute approximate surface area is 140 Å². The molecule has 1 amide bonds. The van der Waals surface area contributed by atoms with E-state index in [2.05, 4.69) is 20.5 Å². The lowest BCUT2D eigenvalue weighted by Crippen LogP contribution is -2.15. The van der Waals surface area contributed by atoms with E-state index in [0.29, 0.717) is 22.5 Å². The Hall–Kier alpha value is -2.61. The number of anilines is 1. The summed E-state index contributed by atoms with van der Waals surface area (Å²) in [6, 6.07) is 9.81. The number of para-hydroxylation sites is 1. The van der Waals surface area contributed by atoms with Crippen LogP contribution in [0.1, 0.15) is 12.0 Å². The van der Waals surface area contributed by atoms with Crippen molar-refractivity contribution < 1.29 is 13.6 Å². The summed E-state index contributed by atoms with van der Waals surface area (Å²) in [5.74, 6) is -1.62. The molecule has 3 rings (SSSR count). The van der Waals surface area contributed by atoms with Crippen LogP contribution < -0.4 is 5.32 Å². The number of hydrogen-bond donors (Lipinski definition) is 1. The van der Waals surface area contributed by atoms with Gasteiger partial charge in [-0.15, -0.1) is 5.10 Å². The van der Waals surface area contributed by atoms with E-state index in [1.165, 1.54) is 11.8 Å². The number of pyridine rings is 1. The van der Waals surface area contributed by atoms with Crippen LogP contribution in [0.3, 0.4) is 0 Å². The summed E-state index contributed by atoms with van der Waals surface area (Å²) in [6.07, 6.45) is 1.38. The van der Waals surface area contributed by atoms with Crippen molar-refractivity contribution >= 4 is 34.1 Å². The molecule has 1 aromatic heterocycles. The molecule has 122 valence electrons. The zero-order chi connectivity index (χ0) is 16.9. The van der Waals surface area contributed by atoms with E-state index in [9.17, 15) is 13.6 Å². The molecule has 24 heavy (non-hydrogen) atoms. The molecule has 0 spiro atoms. The predicted octanol–water partition coefficient (Wildman–Crippen LogP) is 3.24. The number of rotatable bonds is 4. The number of amides is 1. The fourth-order valence-electron chi connectivity index (χ4n) is 2.05. The van der Waals surface area contributed by atoms with Crippen LogP contribution in [0.4, 0.5) is 14.5 Å². The summed E-state index contributed by atoms with van der Waals surface area (Å²) in [5.41, 5.74) is 1.20. The average molecular weight is 346 g/mol. The number of carbonyl (C=O) groups excluding carboxylic acids is 1. The van der Waals surface area contributed by atoms with Crippen LogP contribution in [0.15, 0.2) is 52.8 Å². The van der Waals surface area contributed by atoms with Crippen molar-refractivity contribution in [1.29, 1.82) is 0 Å². The molecule has 8 heteroatoms. The Bertz CT molecular complexity index is 824.